The molecular formula is C15H31N3. The van der Waals surface area contributed by atoms with E-state index in [-0.39, 0.29) is 0 Å². The molecule has 0 radical (unpaired) electrons. The van der Waals surface area contributed by atoms with Gasteiger partial charge in [-0.15, -0.1) is 6.58 Å². The minimum absolute atomic E-state index is 0.585. The highest BCUT2D eigenvalue weighted by molar-refractivity contribution is 4.95. The summed E-state index contributed by atoms with van der Waals surface area (Å²) < 4.78 is 0. The van der Waals surface area contributed by atoms with Gasteiger partial charge in [0.25, 0.3) is 0 Å². The molecule has 2 atom stereocenters. The Morgan fingerprint density at radius 1 is 1.39 bits per heavy atom. The van der Waals surface area contributed by atoms with Crippen LogP contribution in [0.2, 0.25) is 0 Å². The highest BCUT2D eigenvalue weighted by Crippen LogP contribution is 2.15. The number of nitrogens with zero attached hydrogens (tertiary/aromatic N) is 2. The van der Waals surface area contributed by atoms with Crippen LogP contribution in [0, 0.1) is 0 Å². The molecule has 1 saturated heterocycles. The molecule has 0 saturated carbocycles. The SMILES string of the molecule is C=C(C)CC(CC1CN(C)CCN1C)NCCC. The molecule has 1 aliphatic rings. The largest absolute Gasteiger partial charge is 0.314 e. The Hall–Kier alpha value is -0.380. The van der Waals surface area contributed by atoms with E-state index in [0.29, 0.717) is 12.1 Å². The number of hydrogen-bond acceptors (Lipinski definition) is 3. The molecule has 0 amide bonds. The van der Waals surface area contributed by atoms with Crippen molar-refractivity contribution in [1.29, 1.82) is 0 Å². The lowest BCUT2D eigenvalue weighted by molar-refractivity contribution is 0.101. The predicted octanol–water partition coefficient (Wildman–Crippen LogP) is 1.96. The molecule has 0 aliphatic carbocycles. The summed E-state index contributed by atoms with van der Waals surface area (Å²) in [6.45, 7) is 13.1. The maximum absolute atomic E-state index is 4.07. The molecule has 3 nitrogen and oxygen atoms in total. The molecule has 18 heavy (non-hydrogen) atoms. The van der Waals surface area contributed by atoms with Gasteiger partial charge in [-0.1, -0.05) is 12.5 Å². The molecule has 106 valence electrons. The minimum Gasteiger partial charge on any atom is -0.314 e. The van der Waals surface area contributed by atoms with Gasteiger partial charge in [0.1, 0.15) is 0 Å². The molecule has 0 aromatic carbocycles. The van der Waals surface area contributed by atoms with Crippen molar-refractivity contribution in [2.45, 2.75) is 45.2 Å². The van der Waals surface area contributed by atoms with Crippen LogP contribution < -0.4 is 5.32 Å². The van der Waals surface area contributed by atoms with Gasteiger partial charge < -0.3 is 15.1 Å². The van der Waals surface area contributed by atoms with Crippen molar-refractivity contribution in [3.63, 3.8) is 0 Å². The van der Waals surface area contributed by atoms with Crippen LogP contribution >= 0.6 is 0 Å². The second-order valence-corrected chi connectivity index (χ2v) is 5.94. The van der Waals surface area contributed by atoms with E-state index in [1.165, 1.54) is 38.0 Å². The fourth-order valence-electron chi connectivity index (χ4n) is 2.69. The Balaban J connectivity index is 2.48. The van der Waals surface area contributed by atoms with Gasteiger partial charge in [-0.3, -0.25) is 0 Å². The second-order valence-electron chi connectivity index (χ2n) is 5.94. The average molecular weight is 253 g/mol. The Labute approximate surface area is 113 Å². The lowest BCUT2D eigenvalue weighted by Crippen LogP contribution is -2.52. The van der Waals surface area contributed by atoms with Gasteiger partial charge in [0.15, 0.2) is 0 Å². The van der Waals surface area contributed by atoms with Gasteiger partial charge in [0.2, 0.25) is 0 Å². The summed E-state index contributed by atoms with van der Waals surface area (Å²) in [5.74, 6) is 0. The van der Waals surface area contributed by atoms with Crippen LogP contribution in [0.3, 0.4) is 0 Å². The third-order valence-corrected chi connectivity index (χ3v) is 3.81. The molecule has 0 bridgehead atoms. The van der Waals surface area contributed by atoms with E-state index in [2.05, 4.69) is 49.6 Å². The molecule has 1 fully saturated rings. The molecule has 0 spiro atoms. The van der Waals surface area contributed by atoms with Crippen molar-refractivity contribution in [3.8, 4) is 0 Å². The summed E-state index contributed by atoms with van der Waals surface area (Å²) in [7, 11) is 4.49. The van der Waals surface area contributed by atoms with Crippen molar-refractivity contribution < 1.29 is 0 Å². The topological polar surface area (TPSA) is 18.5 Å². The molecule has 3 heteroatoms. The first kappa shape index (κ1) is 15.7. The van der Waals surface area contributed by atoms with Gasteiger partial charge in [0, 0.05) is 31.7 Å². The summed E-state index contributed by atoms with van der Waals surface area (Å²) in [6.07, 6.45) is 3.54. The van der Waals surface area contributed by atoms with Crippen molar-refractivity contribution in [2.75, 3.05) is 40.3 Å². The van der Waals surface area contributed by atoms with Crippen molar-refractivity contribution in [2.24, 2.45) is 0 Å². The second kappa shape index (κ2) is 7.93. The Kier molecular flexibility index (Phi) is 6.90. The molecule has 1 rings (SSSR count). The number of hydrogen-bond donors (Lipinski definition) is 1. The van der Waals surface area contributed by atoms with Crippen LogP contribution in [0.25, 0.3) is 0 Å². The predicted molar refractivity (Wildman–Crippen MR) is 80.0 cm³/mol. The van der Waals surface area contributed by atoms with Crippen molar-refractivity contribution >= 4 is 0 Å². The van der Waals surface area contributed by atoms with Crippen LogP contribution in [0.15, 0.2) is 12.2 Å². The van der Waals surface area contributed by atoms with Gasteiger partial charge in [0.05, 0.1) is 0 Å². The third-order valence-electron chi connectivity index (χ3n) is 3.81. The normalized spacial score (nSPS) is 24.1. The smallest absolute Gasteiger partial charge is 0.0235 e. The van der Waals surface area contributed by atoms with E-state index in [0.717, 1.165) is 13.0 Å². The number of nitrogens with one attached hydrogen (secondary N) is 1. The monoisotopic (exact) mass is 253 g/mol. The van der Waals surface area contributed by atoms with Crippen LogP contribution in [0.4, 0.5) is 0 Å². The Morgan fingerprint density at radius 2 is 2.11 bits per heavy atom. The molecule has 0 aromatic rings. The third kappa shape index (κ3) is 5.51. The number of likely N-dealkylation sites (N-methyl/N-ethyl adjacent to an activating group) is 2. The van der Waals surface area contributed by atoms with Crippen molar-refractivity contribution in [1.82, 2.24) is 15.1 Å². The van der Waals surface area contributed by atoms with Crippen LogP contribution in [0.1, 0.15) is 33.1 Å². The summed E-state index contributed by atoms with van der Waals surface area (Å²) in [5, 5.41) is 3.68. The van der Waals surface area contributed by atoms with Crippen LogP contribution in [-0.4, -0.2) is 62.2 Å². The molecular weight excluding hydrogens is 222 g/mol. The van der Waals surface area contributed by atoms with E-state index in [1.807, 2.05) is 0 Å². The zero-order chi connectivity index (χ0) is 13.5. The zero-order valence-corrected chi connectivity index (χ0v) is 12.7. The first-order valence-corrected chi connectivity index (χ1v) is 7.29. The summed E-state index contributed by atoms with van der Waals surface area (Å²) in [6, 6.07) is 1.26. The highest BCUT2D eigenvalue weighted by Gasteiger charge is 2.24. The maximum atomic E-state index is 4.07. The average Bonchev–Trinajstić information content (AvgIpc) is 2.30. The van der Waals surface area contributed by atoms with Gasteiger partial charge in [-0.25, -0.2) is 0 Å². The minimum atomic E-state index is 0.585. The van der Waals surface area contributed by atoms with E-state index < -0.39 is 0 Å². The Morgan fingerprint density at radius 3 is 2.72 bits per heavy atom. The van der Waals surface area contributed by atoms with Crippen molar-refractivity contribution in [3.05, 3.63) is 12.2 Å². The van der Waals surface area contributed by atoms with E-state index in [9.17, 15) is 0 Å². The summed E-state index contributed by atoms with van der Waals surface area (Å²) in [5.41, 5.74) is 1.29. The van der Waals surface area contributed by atoms with E-state index in [4.69, 9.17) is 0 Å². The standard InChI is InChI=1S/C15H31N3/c1-6-7-16-14(10-13(2)3)11-15-12-17(4)8-9-18(15)5/h14-16H,2,6-12H2,1,3-5H3. The molecule has 1 N–H and O–H groups in total. The van der Waals surface area contributed by atoms with E-state index in [1.54, 1.807) is 0 Å². The Bertz CT molecular complexity index is 252. The number of rotatable bonds is 7. The highest BCUT2D eigenvalue weighted by atomic mass is 15.3. The van der Waals surface area contributed by atoms with Gasteiger partial charge in [-0.05, 0) is 46.8 Å². The first-order chi connectivity index (χ1) is 8.52. The summed E-state index contributed by atoms with van der Waals surface area (Å²) in [4.78, 5) is 4.96. The number of piperazine rings is 1. The van der Waals surface area contributed by atoms with Gasteiger partial charge >= 0.3 is 0 Å². The first-order valence-electron chi connectivity index (χ1n) is 7.29. The lowest BCUT2D eigenvalue weighted by Gasteiger charge is -2.39. The fourth-order valence-corrected chi connectivity index (χ4v) is 2.69. The van der Waals surface area contributed by atoms with E-state index >= 15 is 0 Å². The van der Waals surface area contributed by atoms with Crippen LogP contribution in [0.5, 0.6) is 0 Å². The van der Waals surface area contributed by atoms with Crippen LogP contribution in [-0.2, 0) is 0 Å². The quantitative estimate of drug-likeness (QED) is 0.700. The molecule has 2 unspecified atom stereocenters. The fraction of sp³-hybridized carbons (Fsp3) is 0.867. The molecule has 1 aliphatic heterocycles. The lowest BCUT2D eigenvalue weighted by atomic mass is 9.98. The van der Waals surface area contributed by atoms with Gasteiger partial charge in [-0.2, -0.15) is 0 Å². The molecule has 1 heterocycles. The molecule has 0 aromatic heterocycles. The maximum Gasteiger partial charge on any atom is 0.0235 e. The zero-order valence-electron chi connectivity index (χ0n) is 12.7. The summed E-state index contributed by atoms with van der Waals surface area (Å²) >= 11 is 0.